The zero-order valence-corrected chi connectivity index (χ0v) is 36.9. The van der Waals surface area contributed by atoms with Crippen molar-refractivity contribution in [2.75, 3.05) is 34.7 Å². The van der Waals surface area contributed by atoms with Crippen LogP contribution in [0.2, 0.25) is 36.3 Å². The molecule has 14 heteroatoms. The second-order valence-electron chi connectivity index (χ2n) is 17.6. The predicted octanol–water partition coefficient (Wildman–Crippen LogP) is 6.95. The highest BCUT2D eigenvalue weighted by atomic mass is 28.4. The van der Waals surface area contributed by atoms with Gasteiger partial charge in [0, 0.05) is 34.2 Å². The number of ether oxygens (including phenoxy) is 5. The van der Waals surface area contributed by atoms with E-state index in [-0.39, 0.29) is 42.1 Å². The average molecular weight is 782 g/mol. The molecule has 1 aromatic rings. The molecule has 0 spiro atoms. The molecule has 0 radical (unpaired) electrons. The van der Waals surface area contributed by atoms with Crippen LogP contribution < -0.4 is 0 Å². The molecule has 302 valence electrons. The summed E-state index contributed by atoms with van der Waals surface area (Å²) in [5.74, 6) is -0.999. The number of hydrogen-bond acceptors (Lipinski definition) is 11. The number of nitrogens with zero attached hydrogens (tertiary/aromatic N) is 1. The lowest BCUT2D eigenvalue weighted by Gasteiger charge is -2.44. The second-order valence-corrected chi connectivity index (χ2v) is 27.2. The summed E-state index contributed by atoms with van der Waals surface area (Å²) in [6.07, 6.45) is -4.12. The smallest absolute Gasteiger partial charge is 0.417 e. The topological polar surface area (TPSA) is 136 Å². The van der Waals surface area contributed by atoms with Gasteiger partial charge >= 0.3 is 6.09 Å². The molecular formula is C39H67NO11Si2. The van der Waals surface area contributed by atoms with E-state index >= 15 is 0 Å². The van der Waals surface area contributed by atoms with Gasteiger partial charge < -0.3 is 37.3 Å². The molecule has 53 heavy (non-hydrogen) atoms. The van der Waals surface area contributed by atoms with E-state index in [4.69, 9.17) is 32.5 Å². The first kappa shape index (κ1) is 46.8. The summed E-state index contributed by atoms with van der Waals surface area (Å²) in [6, 6.07) is 9.01. The first-order valence-electron chi connectivity index (χ1n) is 18.4. The maximum Gasteiger partial charge on any atom is 0.417 e. The van der Waals surface area contributed by atoms with Gasteiger partial charge in [-0.1, -0.05) is 71.9 Å². The Hall–Kier alpha value is -2.31. The van der Waals surface area contributed by atoms with Gasteiger partial charge in [0.05, 0.1) is 29.8 Å². The lowest BCUT2D eigenvalue weighted by atomic mass is 9.84. The molecular weight excluding hydrogens is 715 g/mol. The van der Waals surface area contributed by atoms with Crippen LogP contribution >= 0.6 is 0 Å². The van der Waals surface area contributed by atoms with E-state index in [1.54, 1.807) is 13.8 Å². The Balaban J connectivity index is 2.62. The van der Waals surface area contributed by atoms with E-state index in [2.05, 4.69) is 67.7 Å². The molecule has 1 saturated heterocycles. The SMILES string of the molecule is COCO[C@H](C(=O)N1C(=O)OC[C@@H]1Cc1ccccc1)[C@@H](C[C@@H](C[C@@H](OC)[C@@H](O[Si](C)(C)C(C)(C)C)C(=O)C(C)(C)C=O)O[Si](C)(C)C(C)(C)C)OC. The quantitative estimate of drug-likeness (QED) is 0.0555. The first-order chi connectivity index (χ1) is 24.4. The molecule has 0 aromatic heterocycles. The summed E-state index contributed by atoms with van der Waals surface area (Å²) in [5.41, 5.74) is -0.387. The van der Waals surface area contributed by atoms with Gasteiger partial charge in [0.2, 0.25) is 0 Å². The van der Waals surface area contributed by atoms with Crippen LogP contribution in [-0.2, 0) is 53.3 Å². The average Bonchev–Trinajstić information content (AvgIpc) is 3.43. The predicted molar refractivity (Wildman–Crippen MR) is 209 cm³/mol. The maximum atomic E-state index is 14.4. The summed E-state index contributed by atoms with van der Waals surface area (Å²) < 4.78 is 42.5. The molecule has 2 rings (SSSR count). The van der Waals surface area contributed by atoms with Gasteiger partial charge in [-0.3, -0.25) is 9.59 Å². The van der Waals surface area contributed by atoms with Crippen molar-refractivity contribution < 1.29 is 51.7 Å². The van der Waals surface area contributed by atoms with Gasteiger partial charge in [-0.15, -0.1) is 0 Å². The van der Waals surface area contributed by atoms with Crippen molar-refractivity contribution in [1.82, 2.24) is 4.90 Å². The van der Waals surface area contributed by atoms with Crippen LogP contribution in [0.25, 0.3) is 0 Å². The number of ketones is 1. The van der Waals surface area contributed by atoms with Crippen molar-refractivity contribution in [2.45, 2.75) is 147 Å². The number of cyclic esters (lactones) is 1. The Kier molecular flexibility index (Phi) is 16.8. The monoisotopic (exact) mass is 781 g/mol. The highest BCUT2D eigenvalue weighted by molar-refractivity contribution is 6.74. The summed E-state index contributed by atoms with van der Waals surface area (Å²) in [5, 5.41) is -0.441. The number of amides is 2. The minimum absolute atomic E-state index is 0.0432. The molecule has 6 atom stereocenters. The fourth-order valence-electron chi connectivity index (χ4n) is 5.59. The number of hydrogen-bond donors (Lipinski definition) is 0. The number of benzene rings is 1. The van der Waals surface area contributed by atoms with Gasteiger partial charge in [0.15, 0.2) is 28.5 Å². The van der Waals surface area contributed by atoms with Crippen molar-refractivity contribution in [1.29, 1.82) is 0 Å². The highest BCUT2D eigenvalue weighted by Crippen LogP contribution is 2.41. The molecule has 0 bridgehead atoms. The normalized spacial score (nSPS) is 19.0. The van der Waals surface area contributed by atoms with Crippen molar-refractivity contribution in [3.8, 4) is 0 Å². The molecule has 0 unspecified atom stereocenters. The van der Waals surface area contributed by atoms with Crippen LogP contribution in [0.4, 0.5) is 4.79 Å². The van der Waals surface area contributed by atoms with Gasteiger partial charge in [-0.25, -0.2) is 9.69 Å². The molecule has 1 fully saturated rings. The van der Waals surface area contributed by atoms with Crippen molar-refractivity contribution in [2.24, 2.45) is 5.41 Å². The molecule has 0 aliphatic carbocycles. The third-order valence-corrected chi connectivity index (χ3v) is 20.1. The third-order valence-electron chi connectivity index (χ3n) is 11.1. The molecule has 0 N–H and O–H groups in total. The van der Waals surface area contributed by atoms with Crippen LogP contribution in [0.5, 0.6) is 0 Å². The first-order valence-corrected chi connectivity index (χ1v) is 24.2. The summed E-state index contributed by atoms with van der Waals surface area (Å²) in [4.78, 5) is 54.9. The van der Waals surface area contributed by atoms with Crippen LogP contribution in [0.1, 0.15) is 73.8 Å². The van der Waals surface area contributed by atoms with E-state index in [0.717, 1.165) is 10.5 Å². The number of carbonyl (C=O) groups excluding carboxylic acids is 4. The Bertz CT molecular complexity index is 1360. The number of imide groups is 1. The van der Waals surface area contributed by atoms with Gasteiger partial charge in [-0.2, -0.15) is 0 Å². The molecule has 1 aliphatic rings. The van der Waals surface area contributed by atoms with E-state index in [0.29, 0.717) is 12.7 Å². The second kappa shape index (κ2) is 19.0. The van der Waals surface area contributed by atoms with E-state index < -0.39 is 70.6 Å². The number of carbonyl (C=O) groups is 4. The number of methoxy groups -OCH3 is 3. The van der Waals surface area contributed by atoms with Crippen LogP contribution in [0.15, 0.2) is 30.3 Å². The lowest BCUT2D eigenvalue weighted by molar-refractivity contribution is -0.167. The fraction of sp³-hybridized carbons (Fsp3) is 0.744. The van der Waals surface area contributed by atoms with Crippen molar-refractivity contribution >= 4 is 40.7 Å². The number of rotatable bonds is 21. The molecule has 0 saturated carbocycles. The third kappa shape index (κ3) is 12.3. The van der Waals surface area contributed by atoms with E-state index in [1.807, 2.05) is 30.3 Å². The molecule has 2 amide bonds. The largest absolute Gasteiger partial charge is 0.447 e. The lowest BCUT2D eigenvalue weighted by Crippen LogP contribution is -2.55. The van der Waals surface area contributed by atoms with E-state index in [9.17, 15) is 19.2 Å². The Morgan fingerprint density at radius 3 is 1.83 bits per heavy atom. The standard InChI is InChI=1S/C39H67NO11Si2/c1-37(2,3)52(12,13)50-29(22-30(46-10)32(34(42)39(7,8)25-41)51-53(14,15)38(4,5)6)23-31(47-11)33(49-26-45-9)35(43)40-28(24-48-36(40)44)21-27-19-17-16-18-20-27/h16-20,25,28-33H,21-24,26H2,1-15H3/t28-,29+,30+,31+,32+,33-/m0/s1. The number of Topliss-reactive ketones (excluding diaryl/α,β-unsaturated/α-hetero) is 1. The van der Waals surface area contributed by atoms with Crippen molar-refractivity contribution in [3.63, 3.8) is 0 Å². The maximum absolute atomic E-state index is 14.4. The minimum atomic E-state index is -2.57. The Labute approximate surface area is 320 Å². The zero-order valence-electron chi connectivity index (χ0n) is 34.9. The minimum Gasteiger partial charge on any atom is -0.447 e. The molecule has 1 aliphatic heterocycles. The van der Waals surface area contributed by atoms with Crippen LogP contribution in [0, 0.1) is 5.41 Å². The van der Waals surface area contributed by atoms with Gasteiger partial charge in [0.25, 0.3) is 5.91 Å². The van der Waals surface area contributed by atoms with Crippen molar-refractivity contribution in [3.05, 3.63) is 35.9 Å². The Morgan fingerprint density at radius 1 is 0.849 bits per heavy atom. The summed E-state index contributed by atoms with van der Waals surface area (Å²) >= 11 is 0. The summed E-state index contributed by atoms with van der Waals surface area (Å²) in [6.45, 7) is 23.9. The fourth-order valence-corrected chi connectivity index (χ4v) is 8.22. The summed E-state index contributed by atoms with van der Waals surface area (Å²) in [7, 11) is -0.645. The van der Waals surface area contributed by atoms with Gasteiger partial charge in [0.1, 0.15) is 25.8 Å². The number of aldehydes is 1. The molecule has 1 aromatic carbocycles. The molecule has 1 heterocycles. The zero-order chi connectivity index (χ0) is 40.6. The van der Waals surface area contributed by atoms with E-state index in [1.165, 1.54) is 21.3 Å². The van der Waals surface area contributed by atoms with Crippen LogP contribution in [-0.4, -0.2) is 117 Å². The molecule has 12 nitrogen and oxygen atoms in total. The highest BCUT2D eigenvalue weighted by Gasteiger charge is 2.49. The Morgan fingerprint density at radius 2 is 1.36 bits per heavy atom. The van der Waals surface area contributed by atoms with Crippen LogP contribution in [0.3, 0.4) is 0 Å². The van der Waals surface area contributed by atoms with Gasteiger partial charge in [-0.05, 0) is 62.1 Å².